The van der Waals surface area contributed by atoms with Gasteiger partial charge in [-0.05, 0) is 43.5 Å². The summed E-state index contributed by atoms with van der Waals surface area (Å²) in [4.78, 5) is 9.12. The molecule has 1 aromatic carbocycles. The SMILES string of the molecule is Cc1cc([C@H](Nc2nc3c(nc2Nc2cccc(S(=O)(=O)N(C)C)c2O)NCN3)C(C)C)oc1C. The Morgan fingerprint density at radius 2 is 1.77 bits per heavy atom. The third-order valence-electron chi connectivity index (χ3n) is 5.87. The van der Waals surface area contributed by atoms with E-state index in [9.17, 15) is 13.5 Å². The number of aromatic hydroxyl groups is 1. The van der Waals surface area contributed by atoms with E-state index in [0.717, 1.165) is 21.4 Å². The number of hydrogen-bond donors (Lipinski definition) is 5. The van der Waals surface area contributed by atoms with Crippen molar-refractivity contribution in [3.8, 4) is 5.75 Å². The van der Waals surface area contributed by atoms with Crippen LogP contribution >= 0.6 is 0 Å². The molecule has 3 aromatic rings. The summed E-state index contributed by atoms with van der Waals surface area (Å²) in [7, 11) is -1.04. The first-order valence-electron chi connectivity index (χ1n) is 11.2. The second-order valence-electron chi connectivity index (χ2n) is 8.97. The smallest absolute Gasteiger partial charge is 0.246 e. The first-order chi connectivity index (χ1) is 16.5. The quantitative estimate of drug-likeness (QED) is 0.287. The van der Waals surface area contributed by atoms with Crippen LogP contribution in [0.5, 0.6) is 5.75 Å². The molecule has 5 N–H and O–H groups in total. The molecule has 0 bridgehead atoms. The van der Waals surface area contributed by atoms with Gasteiger partial charge in [-0.2, -0.15) is 0 Å². The van der Waals surface area contributed by atoms with Crippen molar-refractivity contribution in [1.29, 1.82) is 0 Å². The maximum absolute atomic E-state index is 12.7. The molecule has 2 aromatic heterocycles. The highest BCUT2D eigenvalue weighted by Crippen LogP contribution is 2.38. The van der Waals surface area contributed by atoms with Crippen molar-refractivity contribution in [3.05, 3.63) is 41.3 Å². The van der Waals surface area contributed by atoms with E-state index in [2.05, 4.69) is 40.1 Å². The topological polar surface area (TPSA) is 145 Å². The lowest BCUT2D eigenvalue weighted by atomic mass is 10.0. The van der Waals surface area contributed by atoms with E-state index < -0.39 is 15.8 Å². The largest absolute Gasteiger partial charge is 0.504 e. The highest BCUT2D eigenvalue weighted by atomic mass is 32.2. The summed E-state index contributed by atoms with van der Waals surface area (Å²) >= 11 is 0. The predicted molar refractivity (Wildman–Crippen MR) is 136 cm³/mol. The molecule has 1 aliphatic heterocycles. The Morgan fingerprint density at radius 1 is 1.11 bits per heavy atom. The van der Waals surface area contributed by atoms with Gasteiger partial charge in [-0.15, -0.1) is 0 Å². The normalized spacial score (nSPS) is 13.9. The number of nitrogens with one attached hydrogen (secondary N) is 4. The number of anilines is 5. The fourth-order valence-electron chi connectivity index (χ4n) is 3.71. The van der Waals surface area contributed by atoms with Crippen LogP contribution in [0.3, 0.4) is 0 Å². The van der Waals surface area contributed by atoms with Gasteiger partial charge in [0.1, 0.15) is 16.4 Å². The van der Waals surface area contributed by atoms with Crippen LogP contribution in [0.2, 0.25) is 0 Å². The number of fused-ring (bicyclic) bond motifs is 1. The Kier molecular flexibility index (Phi) is 6.52. The second kappa shape index (κ2) is 9.27. The van der Waals surface area contributed by atoms with E-state index in [0.29, 0.717) is 29.9 Å². The summed E-state index contributed by atoms with van der Waals surface area (Å²) in [5.74, 6) is 3.23. The van der Waals surface area contributed by atoms with Crippen LogP contribution < -0.4 is 21.3 Å². The van der Waals surface area contributed by atoms with Crippen LogP contribution in [0.1, 0.15) is 37.0 Å². The number of sulfonamides is 1. The van der Waals surface area contributed by atoms with E-state index in [-0.39, 0.29) is 22.5 Å². The van der Waals surface area contributed by atoms with Gasteiger partial charge in [0.2, 0.25) is 10.0 Å². The second-order valence-corrected chi connectivity index (χ2v) is 11.1. The van der Waals surface area contributed by atoms with Crippen molar-refractivity contribution in [2.45, 2.75) is 38.6 Å². The van der Waals surface area contributed by atoms with Gasteiger partial charge in [0.15, 0.2) is 29.0 Å². The minimum absolute atomic E-state index is 0.149. The molecule has 12 heteroatoms. The molecule has 1 atom stereocenters. The summed E-state index contributed by atoms with van der Waals surface area (Å²) in [5, 5.41) is 23.5. The number of phenolic OH excluding ortho intramolecular Hbond substituents is 1. The van der Waals surface area contributed by atoms with E-state index in [1.54, 1.807) is 12.1 Å². The van der Waals surface area contributed by atoms with Gasteiger partial charge in [-0.1, -0.05) is 19.9 Å². The summed E-state index contributed by atoms with van der Waals surface area (Å²) in [6, 6.07) is 6.27. The molecule has 0 aliphatic carbocycles. The highest BCUT2D eigenvalue weighted by molar-refractivity contribution is 7.89. The third-order valence-corrected chi connectivity index (χ3v) is 7.72. The number of benzene rings is 1. The van der Waals surface area contributed by atoms with Gasteiger partial charge in [-0.25, -0.2) is 22.7 Å². The summed E-state index contributed by atoms with van der Waals surface area (Å²) < 4.78 is 32.3. The first-order valence-corrected chi connectivity index (χ1v) is 12.7. The van der Waals surface area contributed by atoms with Gasteiger partial charge < -0.3 is 30.8 Å². The summed E-state index contributed by atoms with van der Waals surface area (Å²) in [6.07, 6.45) is 0. The molecule has 0 amide bonds. The molecule has 0 saturated carbocycles. The Labute approximate surface area is 205 Å². The predicted octanol–water partition coefficient (Wildman–Crippen LogP) is 3.99. The molecular weight excluding hydrogens is 470 g/mol. The molecule has 1 aliphatic rings. The van der Waals surface area contributed by atoms with E-state index >= 15 is 0 Å². The maximum Gasteiger partial charge on any atom is 0.246 e. The Balaban J connectivity index is 1.75. The fraction of sp³-hybridized carbons (Fsp3) is 0.391. The number of phenols is 1. The zero-order valence-corrected chi connectivity index (χ0v) is 21.4. The number of aromatic nitrogens is 2. The van der Waals surface area contributed by atoms with Crippen molar-refractivity contribution < 1.29 is 17.9 Å². The average Bonchev–Trinajstić information content (AvgIpc) is 3.38. The molecule has 35 heavy (non-hydrogen) atoms. The molecule has 0 unspecified atom stereocenters. The number of nitrogens with zero attached hydrogens (tertiary/aromatic N) is 3. The van der Waals surface area contributed by atoms with Gasteiger partial charge in [0.05, 0.1) is 18.4 Å². The zero-order valence-electron chi connectivity index (χ0n) is 20.6. The lowest BCUT2D eigenvalue weighted by Crippen LogP contribution is -2.22. The van der Waals surface area contributed by atoms with Crippen LogP contribution in [0.15, 0.2) is 33.6 Å². The van der Waals surface area contributed by atoms with Crippen LogP contribution in [-0.2, 0) is 10.0 Å². The van der Waals surface area contributed by atoms with Crippen LogP contribution in [0.25, 0.3) is 0 Å². The van der Waals surface area contributed by atoms with Crippen LogP contribution in [0.4, 0.5) is 29.0 Å². The van der Waals surface area contributed by atoms with E-state index in [1.165, 1.54) is 20.2 Å². The standard InChI is InChI=1S/C23H31N7O4S/c1-12(2)18(16-10-13(3)14(4)34-16)27-23-22(28-20-21(29-23)25-11-24-20)26-15-8-7-9-17(19(15)31)35(32,33)30(5)6/h7-10,12,18,31H,11H2,1-6H3,(H2,24,26,28)(H2,25,27,29)/t18-/m1/s1. The number of aryl methyl sites for hydroxylation is 2. The molecule has 0 spiro atoms. The number of rotatable bonds is 8. The molecule has 3 heterocycles. The van der Waals surface area contributed by atoms with E-state index in [4.69, 9.17) is 9.40 Å². The average molecular weight is 502 g/mol. The maximum atomic E-state index is 12.7. The molecule has 0 saturated heterocycles. The molecule has 0 fully saturated rings. The van der Waals surface area contributed by atoms with Crippen molar-refractivity contribution in [1.82, 2.24) is 14.3 Å². The number of para-hydroxylation sites is 1. The third kappa shape index (κ3) is 4.71. The van der Waals surface area contributed by atoms with Crippen molar-refractivity contribution in [3.63, 3.8) is 0 Å². The Bertz CT molecular complexity index is 1330. The lowest BCUT2D eigenvalue weighted by molar-refractivity contribution is 0.407. The fourth-order valence-corrected chi connectivity index (χ4v) is 4.70. The van der Waals surface area contributed by atoms with Crippen molar-refractivity contribution >= 4 is 39.0 Å². The molecule has 188 valence electrons. The first kappa shape index (κ1) is 24.6. The monoisotopic (exact) mass is 501 g/mol. The van der Waals surface area contributed by atoms with Crippen LogP contribution in [0, 0.1) is 19.8 Å². The molecule has 0 radical (unpaired) electrons. The van der Waals surface area contributed by atoms with Gasteiger partial charge in [-0.3, -0.25) is 0 Å². The van der Waals surface area contributed by atoms with E-state index in [1.807, 2.05) is 19.9 Å². The van der Waals surface area contributed by atoms with Gasteiger partial charge in [0.25, 0.3) is 0 Å². The Morgan fingerprint density at radius 3 is 2.34 bits per heavy atom. The molecule has 11 nitrogen and oxygen atoms in total. The molecular formula is C23H31N7O4S. The van der Waals surface area contributed by atoms with Gasteiger partial charge in [0, 0.05) is 14.1 Å². The Hall–Kier alpha value is -3.51. The van der Waals surface area contributed by atoms with Crippen molar-refractivity contribution in [2.75, 3.05) is 42.0 Å². The highest BCUT2D eigenvalue weighted by Gasteiger charge is 2.27. The lowest BCUT2D eigenvalue weighted by Gasteiger charge is -2.23. The number of hydrogen-bond acceptors (Lipinski definition) is 10. The van der Waals surface area contributed by atoms with Crippen LogP contribution in [-0.4, -0.2) is 48.6 Å². The summed E-state index contributed by atoms with van der Waals surface area (Å²) in [5.41, 5.74) is 1.24. The molecule has 4 rings (SSSR count). The zero-order chi connectivity index (χ0) is 25.5. The minimum atomic E-state index is -3.85. The van der Waals surface area contributed by atoms with Gasteiger partial charge >= 0.3 is 0 Å². The number of furan rings is 1. The summed E-state index contributed by atoms with van der Waals surface area (Å²) in [6.45, 7) is 8.53. The van der Waals surface area contributed by atoms with Crippen molar-refractivity contribution in [2.24, 2.45) is 5.92 Å². The minimum Gasteiger partial charge on any atom is -0.504 e.